The van der Waals surface area contributed by atoms with Crippen LogP contribution in [0.1, 0.15) is 51.9 Å². The summed E-state index contributed by atoms with van der Waals surface area (Å²) in [6, 6.07) is 0.245. The smallest absolute Gasteiger partial charge is 0.224 e. The van der Waals surface area contributed by atoms with Crippen molar-refractivity contribution < 1.29 is 9.53 Å². The van der Waals surface area contributed by atoms with Crippen LogP contribution in [0.5, 0.6) is 0 Å². The van der Waals surface area contributed by atoms with Gasteiger partial charge in [-0.3, -0.25) is 9.69 Å². The van der Waals surface area contributed by atoms with E-state index in [4.69, 9.17) is 10.5 Å². The van der Waals surface area contributed by atoms with Crippen LogP contribution in [0.15, 0.2) is 0 Å². The first-order valence-electron chi connectivity index (χ1n) is 9.47. The molecule has 148 valence electrons. The van der Waals surface area contributed by atoms with Gasteiger partial charge < -0.3 is 15.4 Å². The van der Waals surface area contributed by atoms with Gasteiger partial charge in [-0.1, -0.05) is 19.8 Å². The lowest BCUT2D eigenvalue weighted by Crippen LogP contribution is -2.56. The lowest BCUT2D eigenvalue weighted by atomic mass is 9.87. The van der Waals surface area contributed by atoms with E-state index in [-0.39, 0.29) is 36.4 Å². The number of carbonyl (C=O) groups excluding carboxylic acids is 1. The Kier molecular flexibility index (Phi) is 9.47. The van der Waals surface area contributed by atoms with E-state index in [1.54, 1.807) is 0 Å². The van der Waals surface area contributed by atoms with Gasteiger partial charge in [-0.2, -0.15) is 0 Å². The SMILES string of the molecule is CC1CCN(C(=O)CC2(N3CCOCC3)CCCC2)C(CN)C1.Cl.Cl. The number of carbonyl (C=O) groups is 1. The summed E-state index contributed by atoms with van der Waals surface area (Å²) < 4.78 is 5.52. The first-order valence-corrected chi connectivity index (χ1v) is 9.47. The molecule has 25 heavy (non-hydrogen) atoms. The first kappa shape index (κ1) is 23.0. The van der Waals surface area contributed by atoms with Crippen LogP contribution in [-0.2, 0) is 9.53 Å². The number of hydrogen-bond acceptors (Lipinski definition) is 4. The third-order valence-corrected chi connectivity index (χ3v) is 6.27. The van der Waals surface area contributed by atoms with Crippen molar-refractivity contribution in [2.75, 3.05) is 39.4 Å². The molecule has 0 aromatic heterocycles. The highest BCUT2D eigenvalue weighted by atomic mass is 35.5. The van der Waals surface area contributed by atoms with Crippen LogP contribution in [0.4, 0.5) is 0 Å². The number of morpholine rings is 1. The molecule has 2 unspecified atom stereocenters. The Labute approximate surface area is 164 Å². The van der Waals surface area contributed by atoms with Crippen molar-refractivity contribution >= 4 is 30.7 Å². The zero-order valence-corrected chi connectivity index (χ0v) is 17.1. The highest BCUT2D eigenvalue weighted by Gasteiger charge is 2.43. The van der Waals surface area contributed by atoms with Crippen molar-refractivity contribution in [2.24, 2.45) is 11.7 Å². The average Bonchev–Trinajstić information content (AvgIpc) is 3.05. The first-order chi connectivity index (χ1) is 11.1. The van der Waals surface area contributed by atoms with Crippen LogP contribution in [0.3, 0.4) is 0 Å². The van der Waals surface area contributed by atoms with Gasteiger partial charge in [-0.15, -0.1) is 24.8 Å². The zero-order valence-electron chi connectivity index (χ0n) is 15.5. The molecular formula is C18H35Cl2N3O2. The van der Waals surface area contributed by atoms with Gasteiger partial charge in [-0.05, 0) is 31.6 Å². The summed E-state index contributed by atoms with van der Waals surface area (Å²) in [4.78, 5) is 17.7. The Balaban J connectivity index is 0.00000156. The van der Waals surface area contributed by atoms with Crippen molar-refractivity contribution in [2.45, 2.75) is 63.5 Å². The topological polar surface area (TPSA) is 58.8 Å². The molecule has 1 amide bonds. The van der Waals surface area contributed by atoms with Crippen molar-refractivity contribution in [1.82, 2.24) is 9.80 Å². The number of likely N-dealkylation sites (tertiary alicyclic amines) is 1. The molecule has 1 aliphatic carbocycles. The molecule has 3 aliphatic rings. The predicted molar refractivity (Wildman–Crippen MR) is 106 cm³/mol. The maximum atomic E-state index is 13.1. The van der Waals surface area contributed by atoms with Crippen LogP contribution < -0.4 is 5.73 Å². The minimum Gasteiger partial charge on any atom is -0.379 e. The van der Waals surface area contributed by atoms with Gasteiger partial charge in [0.2, 0.25) is 5.91 Å². The molecule has 1 saturated carbocycles. The van der Waals surface area contributed by atoms with Gasteiger partial charge in [-0.25, -0.2) is 0 Å². The van der Waals surface area contributed by atoms with Gasteiger partial charge in [0.25, 0.3) is 0 Å². The maximum absolute atomic E-state index is 13.1. The van der Waals surface area contributed by atoms with E-state index < -0.39 is 0 Å². The molecule has 0 aromatic carbocycles. The molecule has 0 radical (unpaired) electrons. The monoisotopic (exact) mass is 395 g/mol. The van der Waals surface area contributed by atoms with Gasteiger partial charge in [0, 0.05) is 44.2 Å². The van der Waals surface area contributed by atoms with Crippen molar-refractivity contribution in [3.05, 3.63) is 0 Å². The summed E-state index contributed by atoms with van der Waals surface area (Å²) in [6.45, 7) is 7.33. The summed E-state index contributed by atoms with van der Waals surface area (Å²) in [5, 5.41) is 0. The van der Waals surface area contributed by atoms with Gasteiger partial charge in [0.1, 0.15) is 0 Å². The quantitative estimate of drug-likeness (QED) is 0.793. The molecule has 0 aromatic rings. The number of halogens is 2. The van der Waals surface area contributed by atoms with E-state index in [9.17, 15) is 4.79 Å². The highest BCUT2D eigenvalue weighted by molar-refractivity contribution is 5.85. The Morgan fingerprint density at radius 2 is 1.80 bits per heavy atom. The molecule has 2 aliphatic heterocycles. The summed E-state index contributed by atoms with van der Waals surface area (Å²) in [5.74, 6) is 1.02. The maximum Gasteiger partial charge on any atom is 0.224 e. The Hall–Kier alpha value is -0.0700. The largest absolute Gasteiger partial charge is 0.379 e. The van der Waals surface area contributed by atoms with Crippen molar-refractivity contribution in [3.63, 3.8) is 0 Å². The predicted octanol–water partition coefficient (Wildman–Crippen LogP) is 2.45. The molecule has 0 spiro atoms. The third kappa shape index (κ3) is 5.23. The van der Waals surface area contributed by atoms with Crippen LogP contribution in [-0.4, -0.2) is 66.7 Å². The molecule has 7 heteroatoms. The number of ether oxygens (including phenoxy) is 1. The number of rotatable bonds is 4. The van der Waals surface area contributed by atoms with Gasteiger partial charge in [0.15, 0.2) is 0 Å². The summed E-state index contributed by atoms with van der Waals surface area (Å²) in [7, 11) is 0. The van der Waals surface area contributed by atoms with Crippen molar-refractivity contribution in [3.8, 4) is 0 Å². The Morgan fingerprint density at radius 1 is 1.16 bits per heavy atom. The van der Waals surface area contributed by atoms with Crippen LogP contribution in [0, 0.1) is 5.92 Å². The normalized spacial score (nSPS) is 29.6. The van der Waals surface area contributed by atoms with E-state index in [1.165, 1.54) is 12.8 Å². The second-order valence-electron chi connectivity index (χ2n) is 7.81. The fourth-order valence-corrected chi connectivity index (χ4v) is 4.86. The van der Waals surface area contributed by atoms with Crippen LogP contribution in [0.2, 0.25) is 0 Å². The molecule has 3 rings (SSSR count). The second kappa shape index (κ2) is 10.3. The molecule has 2 heterocycles. The number of piperidine rings is 1. The standard InChI is InChI=1S/C18H33N3O2.2ClH/c1-15-4-7-21(16(12-15)14-19)17(22)13-18(5-2-3-6-18)20-8-10-23-11-9-20;;/h15-16H,2-14,19H2,1H3;2*1H. The lowest BCUT2D eigenvalue weighted by molar-refractivity contribution is -0.139. The summed E-state index contributed by atoms with van der Waals surface area (Å²) in [5.41, 5.74) is 6.04. The van der Waals surface area contributed by atoms with Gasteiger partial charge in [0.05, 0.1) is 13.2 Å². The molecule has 3 fully saturated rings. The Bertz CT molecular complexity index is 413. The minimum absolute atomic E-state index is 0. The molecule has 0 bridgehead atoms. The lowest BCUT2D eigenvalue weighted by Gasteiger charge is -2.45. The average molecular weight is 396 g/mol. The molecule has 2 atom stereocenters. The van der Waals surface area contributed by atoms with E-state index in [0.29, 0.717) is 24.8 Å². The highest BCUT2D eigenvalue weighted by Crippen LogP contribution is 2.39. The molecular weight excluding hydrogens is 361 g/mol. The summed E-state index contributed by atoms with van der Waals surface area (Å²) >= 11 is 0. The van der Waals surface area contributed by atoms with Crippen LogP contribution >= 0.6 is 24.8 Å². The fourth-order valence-electron chi connectivity index (χ4n) is 4.86. The van der Waals surface area contributed by atoms with E-state index in [2.05, 4.69) is 16.7 Å². The Morgan fingerprint density at radius 3 is 2.40 bits per heavy atom. The minimum atomic E-state index is 0. The number of nitrogens with zero attached hydrogens (tertiary/aromatic N) is 2. The molecule has 2 N–H and O–H groups in total. The molecule has 5 nitrogen and oxygen atoms in total. The van der Waals surface area contributed by atoms with Crippen LogP contribution in [0.25, 0.3) is 0 Å². The number of hydrogen-bond donors (Lipinski definition) is 1. The number of amides is 1. The van der Waals surface area contributed by atoms with E-state index >= 15 is 0 Å². The fraction of sp³-hybridized carbons (Fsp3) is 0.944. The van der Waals surface area contributed by atoms with Crippen molar-refractivity contribution in [1.29, 1.82) is 0 Å². The molecule has 2 saturated heterocycles. The second-order valence-corrected chi connectivity index (χ2v) is 7.81. The van der Waals surface area contributed by atoms with Gasteiger partial charge >= 0.3 is 0 Å². The van der Waals surface area contributed by atoms with E-state index in [0.717, 1.165) is 58.5 Å². The summed E-state index contributed by atoms with van der Waals surface area (Å²) in [6.07, 6.45) is 7.69. The zero-order chi connectivity index (χ0) is 16.3. The number of nitrogens with two attached hydrogens (primary N) is 1. The van der Waals surface area contributed by atoms with E-state index in [1.807, 2.05) is 0 Å². The third-order valence-electron chi connectivity index (χ3n) is 6.27.